The van der Waals surface area contributed by atoms with Gasteiger partial charge in [-0.2, -0.15) is 0 Å². The number of amides is 1. The molecule has 0 radical (unpaired) electrons. The van der Waals surface area contributed by atoms with Gasteiger partial charge in [0.15, 0.2) is 5.78 Å². The Kier molecular flexibility index (Phi) is 6.03. The molecule has 1 N–H and O–H groups in total. The number of hydrogen-bond acceptors (Lipinski definition) is 6. The second kappa shape index (κ2) is 8.90. The molecule has 9 heteroatoms. The molecule has 1 aliphatic heterocycles. The number of ether oxygens (including phenoxy) is 1. The highest BCUT2D eigenvalue weighted by Gasteiger charge is 2.46. The van der Waals surface area contributed by atoms with E-state index < -0.39 is 35.5 Å². The van der Waals surface area contributed by atoms with Crippen LogP contribution in [0.15, 0.2) is 67.0 Å². The molecule has 2 aromatic carbocycles. The van der Waals surface area contributed by atoms with Crippen LogP contribution in [0.4, 0.5) is 5.69 Å². The second-order valence-corrected chi connectivity index (χ2v) is 7.78. The van der Waals surface area contributed by atoms with Gasteiger partial charge in [0.25, 0.3) is 5.91 Å². The van der Waals surface area contributed by atoms with E-state index in [1.54, 1.807) is 18.2 Å². The van der Waals surface area contributed by atoms with E-state index in [2.05, 4.69) is 10.3 Å². The van der Waals surface area contributed by atoms with Crippen molar-refractivity contribution in [1.29, 1.82) is 0 Å². The predicted octanol–water partition coefficient (Wildman–Crippen LogP) is 4.31. The molecule has 0 fully saturated rings. The van der Waals surface area contributed by atoms with Crippen LogP contribution in [0.3, 0.4) is 0 Å². The number of carbonyl (C=O) groups is 4. The first-order chi connectivity index (χ1) is 15.4. The Morgan fingerprint density at radius 1 is 1.00 bits per heavy atom. The Labute approximate surface area is 192 Å². The van der Waals surface area contributed by atoms with Crippen molar-refractivity contribution in [1.82, 2.24) is 4.98 Å². The van der Waals surface area contributed by atoms with Crippen LogP contribution in [0.25, 0.3) is 0 Å². The minimum atomic E-state index is -1.60. The minimum absolute atomic E-state index is 0.119. The molecule has 2 heterocycles. The van der Waals surface area contributed by atoms with Gasteiger partial charge in [-0.05, 0) is 36.4 Å². The van der Waals surface area contributed by atoms with E-state index in [4.69, 9.17) is 27.9 Å². The number of aromatic nitrogens is 1. The van der Waals surface area contributed by atoms with Crippen LogP contribution >= 0.6 is 23.2 Å². The van der Waals surface area contributed by atoms with Crippen LogP contribution in [0, 0.1) is 5.92 Å². The number of Topliss-reactive ketones (excluding diaryl/α,β-unsaturated/α-hetero) is 2. The highest BCUT2D eigenvalue weighted by atomic mass is 35.5. The van der Waals surface area contributed by atoms with Crippen molar-refractivity contribution in [3.8, 4) is 0 Å². The largest absolute Gasteiger partial charge is 0.453 e. The summed E-state index contributed by atoms with van der Waals surface area (Å²) in [5, 5.41) is 2.86. The lowest BCUT2D eigenvalue weighted by atomic mass is 9.85. The summed E-state index contributed by atoms with van der Waals surface area (Å²) < 4.78 is 5.38. The van der Waals surface area contributed by atoms with Gasteiger partial charge in [0.05, 0.1) is 16.3 Å². The van der Waals surface area contributed by atoms with E-state index >= 15 is 0 Å². The number of halogens is 2. The molecule has 0 aliphatic carbocycles. The molecule has 0 saturated carbocycles. The summed E-state index contributed by atoms with van der Waals surface area (Å²) >= 11 is 11.9. The molecule has 7 nitrogen and oxygen atoms in total. The zero-order valence-corrected chi connectivity index (χ0v) is 17.8. The van der Waals surface area contributed by atoms with Crippen molar-refractivity contribution in [2.75, 3.05) is 5.32 Å². The highest BCUT2D eigenvalue weighted by molar-refractivity contribution is 6.46. The molecule has 160 valence electrons. The number of ketones is 2. The van der Waals surface area contributed by atoms with Crippen molar-refractivity contribution >= 4 is 52.3 Å². The standard InChI is InChI=1S/C23H14Cl2N2O5/c24-13-5-6-17(16(25)11-13)27-22(30)20(29)18(19(28)12-7-9-26-10-8-12)21-14-3-1-2-4-15(14)23(31)32-21/h1-11,18,21H,(H,27,30)/t18-,21-/m1/s1. The van der Waals surface area contributed by atoms with E-state index in [0.29, 0.717) is 10.6 Å². The molecule has 0 spiro atoms. The number of rotatable bonds is 6. The smallest absolute Gasteiger partial charge is 0.339 e. The van der Waals surface area contributed by atoms with Gasteiger partial charge < -0.3 is 10.1 Å². The van der Waals surface area contributed by atoms with Crippen molar-refractivity contribution in [2.24, 2.45) is 5.92 Å². The van der Waals surface area contributed by atoms with Crippen molar-refractivity contribution in [3.05, 3.63) is 93.7 Å². The van der Waals surface area contributed by atoms with E-state index in [9.17, 15) is 19.2 Å². The summed E-state index contributed by atoms with van der Waals surface area (Å²) in [4.78, 5) is 55.5. The number of carbonyl (C=O) groups excluding carboxylic acids is 4. The maximum atomic E-state index is 13.3. The number of anilines is 1. The van der Waals surface area contributed by atoms with Crippen molar-refractivity contribution < 1.29 is 23.9 Å². The number of nitrogens with zero attached hydrogens (tertiary/aromatic N) is 1. The first kappa shape index (κ1) is 21.7. The zero-order chi connectivity index (χ0) is 22.8. The monoisotopic (exact) mass is 468 g/mol. The van der Waals surface area contributed by atoms with E-state index in [0.717, 1.165) is 0 Å². The van der Waals surface area contributed by atoms with Gasteiger partial charge in [-0.25, -0.2) is 4.79 Å². The molecule has 0 bridgehead atoms. The zero-order valence-electron chi connectivity index (χ0n) is 16.2. The number of fused-ring (bicyclic) bond motifs is 1. The molecule has 1 aromatic heterocycles. The lowest BCUT2D eigenvalue weighted by Gasteiger charge is -2.21. The summed E-state index contributed by atoms with van der Waals surface area (Å²) in [6.45, 7) is 0. The van der Waals surface area contributed by atoms with Crippen LogP contribution in [0.1, 0.15) is 32.4 Å². The van der Waals surface area contributed by atoms with E-state index in [1.807, 2.05) is 0 Å². The minimum Gasteiger partial charge on any atom is -0.453 e. The summed E-state index contributed by atoms with van der Waals surface area (Å²) in [7, 11) is 0. The maximum absolute atomic E-state index is 13.3. The number of nitrogens with one attached hydrogen (secondary N) is 1. The molecule has 0 saturated heterocycles. The number of pyridine rings is 1. The molecule has 2 atom stereocenters. The summed E-state index contributed by atoms with van der Waals surface area (Å²) in [6.07, 6.45) is 1.52. The van der Waals surface area contributed by atoms with Gasteiger partial charge in [-0.1, -0.05) is 41.4 Å². The molecular weight excluding hydrogens is 455 g/mol. The fourth-order valence-corrected chi connectivity index (χ4v) is 3.88. The Balaban J connectivity index is 1.71. The Bertz CT molecular complexity index is 1250. The van der Waals surface area contributed by atoms with E-state index in [-0.39, 0.29) is 21.8 Å². The first-order valence-corrected chi connectivity index (χ1v) is 10.2. The van der Waals surface area contributed by atoms with Gasteiger partial charge in [-0.3, -0.25) is 19.4 Å². The maximum Gasteiger partial charge on any atom is 0.339 e. The molecule has 0 unspecified atom stereocenters. The molecule has 4 rings (SSSR count). The Morgan fingerprint density at radius 2 is 1.72 bits per heavy atom. The molecule has 1 amide bonds. The number of esters is 1. The first-order valence-electron chi connectivity index (χ1n) is 9.41. The lowest BCUT2D eigenvalue weighted by Crippen LogP contribution is -2.38. The predicted molar refractivity (Wildman–Crippen MR) is 117 cm³/mol. The highest BCUT2D eigenvalue weighted by Crippen LogP contribution is 2.38. The third-order valence-corrected chi connectivity index (χ3v) is 5.50. The summed E-state index contributed by atoms with van der Waals surface area (Å²) in [6, 6.07) is 13.6. The number of cyclic esters (lactones) is 1. The Morgan fingerprint density at radius 3 is 2.44 bits per heavy atom. The van der Waals surface area contributed by atoms with E-state index in [1.165, 1.54) is 48.8 Å². The van der Waals surface area contributed by atoms with Gasteiger partial charge in [-0.15, -0.1) is 0 Å². The lowest BCUT2D eigenvalue weighted by molar-refractivity contribution is -0.138. The average Bonchev–Trinajstić information content (AvgIpc) is 3.12. The topological polar surface area (TPSA) is 102 Å². The molecule has 3 aromatic rings. The van der Waals surface area contributed by atoms with Crippen LogP contribution in [-0.2, 0) is 14.3 Å². The molecule has 1 aliphatic rings. The molecular formula is C23H14Cl2N2O5. The Hall–Kier alpha value is -3.55. The number of benzene rings is 2. The third kappa shape index (κ3) is 4.12. The normalized spacial score (nSPS) is 15.4. The number of hydrogen-bond donors (Lipinski definition) is 1. The van der Waals surface area contributed by atoms with Gasteiger partial charge in [0.2, 0.25) is 5.78 Å². The van der Waals surface area contributed by atoms with Crippen LogP contribution in [0.2, 0.25) is 10.0 Å². The summed E-state index contributed by atoms with van der Waals surface area (Å²) in [5.74, 6) is -5.11. The summed E-state index contributed by atoms with van der Waals surface area (Å²) in [5.41, 5.74) is 0.888. The van der Waals surface area contributed by atoms with Gasteiger partial charge >= 0.3 is 5.97 Å². The van der Waals surface area contributed by atoms with Crippen molar-refractivity contribution in [3.63, 3.8) is 0 Å². The quantitative estimate of drug-likeness (QED) is 0.250. The van der Waals surface area contributed by atoms with Crippen LogP contribution in [0.5, 0.6) is 0 Å². The van der Waals surface area contributed by atoms with Crippen LogP contribution < -0.4 is 5.32 Å². The van der Waals surface area contributed by atoms with Crippen molar-refractivity contribution in [2.45, 2.75) is 6.10 Å². The van der Waals surface area contributed by atoms with Gasteiger partial charge in [0.1, 0.15) is 12.0 Å². The third-order valence-electron chi connectivity index (χ3n) is 4.96. The fourth-order valence-electron chi connectivity index (χ4n) is 3.43. The van der Waals surface area contributed by atoms with Gasteiger partial charge in [0, 0.05) is 28.5 Å². The van der Waals surface area contributed by atoms with Crippen LogP contribution in [-0.4, -0.2) is 28.4 Å². The average molecular weight is 469 g/mol. The second-order valence-electron chi connectivity index (χ2n) is 6.93. The molecule has 32 heavy (non-hydrogen) atoms. The fraction of sp³-hybridized carbons (Fsp3) is 0.0870. The SMILES string of the molecule is O=C(Nc1ccc(Cl)cc1Cl)C(=O)[C@@H](C(=O)c1ccncc1)[C@@H]1OC(=O)c2ccccc21.